The molecular weight excluding hydrogens is 298 g/mol. The van der Waals surface area contributed by atoms with Crippen LogP contribution in [0, 0.1) is 0 Å². The Labute approximate surface area is 134 Å². The van der Waals surface area contributed by atoms with Crippen molar-refractivity contribution in [1.82, 2.24) is 4.98 Å². The number of aromatic nitrogens is 1. The molecule has 2 aromatic rings. The normalized spacial score (nSPS) is 22.5. The summed E-state index contributed by atoms with van der Waals surface area (Å²) in [5, 5.41) is 2.42. The minimum atomic E-state index is 0.551. The van der Waals surface area contributed by atoms with Gasteiger partial charge in [0.25, 0.3) is 0 Å². The summed E-state index contributed by atoms with van der Waals surface area (Å²) in [6.07, 6.45) is 0. The zero-order valence-electron chi connectivity index (χ0n) is 12.5. The highest BCUT2D eigenvalue weighted by Gasteiger charge is 2.25. The molecule has 112 valence electrons. The number of thioether (sulfide) groups is 1. The molecule has 2 N–H and O–H groups in total. The minimum absolute atomic E-state index is 0.551. The molecule has 21 heavy (non-hydrogen) atoms. The van der Waals surface area contributed by atoms with E-state index in [0.29, 0.717) is 17.0 Å². The fraction of sp³-hybridized carbons (Fsp3) is 0.438. The number of benzene rings is 1. The molecule has 0 radical (unpaired) electrons. The van der Waals surface area contributed by atoms with E-state index in [2.05, 4.69) is 54.8 Å². The zero-order chi connectivity index (χ0) is 14.8. The quantitative estimate of drug-likeness (QED) is 0.938. The Hall–Kier alpha value is -1.04. The van der Waals surface area contributed by atoms with Crippen LogP contribution in [0.5, 0.6) is 0 Å². The maximum Gasteiger partial charge on any atom is 0.186 e. The van der Waals surface area contributed by atoms with E-state index in [9.17, 15) is 0 Å². The van der Waals surface area contributed by atoms with Gasteiger partial charge in [0.05, 0.1) is 5.69 Å². The number of hydrogen-bond acceptors (Lipinski definition) is 5. The fourth-order valence-electron chi connectivity index (χ4n) is 2.77. The van der Waals surface area contributed by atoms with E-state index in [4.69, 9.17) is 10.7 Å². The number of nitrogens with two attached hydrogens (primary N) is 1. The van der Waals surface area contributed by atoms with Gasteiger partial charge in [0.15, 0.2) is 5.13 Å². The number of hydrogen-bond donors (Lipinski definition) is 1. The molecule has 1 aliphatic rings. The highest BCUT2D eigenvalue weighted by atomic mass is 32.2. The molecule has 1 aliphatic heterocycles. The first-order chi connectivity index (χ1) is 10.2. The second-order valence-electron chi connectivity index (χ2n) is 5.50. The van der Waals surface area contributed by atoms with Gasteiger partial charge in [-0.3, -0.25) is 0 Å². The Balaban J connectivity index is 1.92. The fourth-order valence-corrected chi connectivity index (χ4v) is 5.07. The van der Waals surface area contributed by atoms with Gasteiger partial charge in [-0.05, 0) is 0 Å². The van der Waals surface area contributed by atoms with Crippen molar-refractivity contribution in [3.63, 3.8) is 0 Å². The number of nitrogens with zero attached hydrogens (tertiary/aromatic N) is 2. The lowest BCUT2D eigenvalue weighted by Gasteiger charge is -2.34. The predicted octanol–water partition coefficient (Wildman–Crippen LogP) is 3.60. The van der Waals surface area contributed by atoms with Crippen molar-refractivity contribution < 1.29 is 0 Å². The second kappa shape index (κ2) is 6.38. The molecule has 3 rings (SSSR count). The maximum atomic E-state index is 5.93. The smallest absolute Gasteiger partial charge is 0.186 e. The molecule has 1 aromatic heterocycles. The van der Waals surface area contributed by atoms with Crippen LogP contribution >= 0.6 is 23.1 Å². The standard InChI is InChI=1S/C16H21N3S2/c1-11-9-19(10-12(2)20-11)16-18-15(14(8-17)21-16)13-6-4-3-5-7-13/h3-7,11-12H,8-10,17H2,1-2H3. The monoisotopic (exact) mass is 319 g/mol. The molecule has 0 amide bonds. The number of anilines is 1. The molecule has 2 atom stereocenters. The summed E-state index contributed by atoms with van der Waals surface area (Å²) >= 11 is 3.81. The van der Waals surface area contributed by atoms with Crippen molar-refractivity contribution in [2.45, 2.75) is 30.9 Å². The molecule has 3 nitrogen and oxygen atoms in total. The van der Waals surface area contributed by atoms with Crippen molar-refractivity contribution in [3.05, 3.63) is 35.2 Å². The summed E-state index contributed by atoms with van der Waals surface area (Å²) in [7, 11) is 0. The number of thiazole rings is 1. The van der Waals surface area contributed by atoms with E-state index in [1.165, 1.54) is 4.88 Å². The summed E-state index contributed by atoms with van der Waals surface area (Å²) in [5.41, 5.74) is 8.15. The van der Waals surface area contributed by atoms with Gasteiger partial charge in [-0.1, -0.05) is 55.5 Å². The van der Waals surface area contributed by atoms with Crippen LogP contribution in [-0.2, 0) is 6.54 Å². The van der Waals surface area contributed by atoms with Gasteiger partial charge in [-0.15, -0.1) is 0 Å². The Kier molecular flexibility index (Phi) is 4.52. The van der Waals surface area contributed by atoms with E-state index in [0.717, 1.165) is 29.5 Å². The first kappa shape index (κ1) is 14.9. The SMILES string of the molecule is CC1CN(c2nc(-c3ccccc3)c(CN)s2)CC(C)S1. The molecular formula is C16H21N3S2. The van der Waals surface area contributed by atoms with Crippen molar-refractivity contribution in [3.8, 4) is 11.3 Å². The molecule has 1 fully saturated rings. The van der Waals surface area contributed by atoms with Crippen LogP contribution in [0.15, 0.2) is 30.3 Å². The van der Waals surface area contributed by atoms with E-state index >= 15 is 0 Å². The Morgan fingerprint density at radius 1 is 1.19 bits per heavy atom. The van der Waals surface area contributed by atoms with E-state index in [1.807, 2.05) is 6.07 Å². The highest BCUT2D eigenvalue weighted by molar-refractivity contribution is 8.00. The maximum absolute atomic E-state index is 5.93. The third kappa shape index (κ3) is 3.25. The van der Waals surface area contributed by atoms with E-state index in [-0.39, 0.29) is 0 Å². The van der Waals surface area contributed by atoms with Crippen LogP contribution in [0.3, 0.4) is 0 Å². The van der Waals surface area contributed by atoms with Gasteiger partial charge in [-0.25, -0.2) is 4.98 Å². The van der Waals surface area contributed by atoms with Crippen LogP contribution in [0.2, 0.25) is 0 Å². The summed E-state index contributed by atoms with van der Waals surface area (Å²) in [5.74, 6) is 0. The summed E-state index contributed by atoms with van der Waals surface area (Å²) < 4.78 is 0. The van der Waals surface area contributed by atoms with Crippen LogP contribution < -0.4 is 10.6 Å². The van der Waals surface area contributed by atoms with Crippen LogP contribution in [0.4, 0.5) is 5.13 Å². The highest BCUT2D eigenvalue weighted by Crippen LogP contribution is 2.36. The van der Waals surface area contributed by atoms with Gasteiger partial charge in [0.1, 0.15) is 0 Å². The van der Waals surface area contributed by atoms with Crippen molar-refractivity contribution >= 4 is 28.2 Å². The van der Waals surface area contributed by atoms with Crippen molar-refractivity contribution in [2.24, 2.45) is 5.73 Å². The lowest BCUT2D eigenvalue weighted by atomic mass is 10.1. The van der Waals surface area contributed by atoms with Crippen LogP contribution in [0.1, 0.15) is 18.7 Å². The predicted molar refractivity (Wildman–Crippen MR) is 94.2 cm³/mol. The average Bonchev–Trinajstić information content (AvgIpc) is 2.91. The topological polar surface area (TPSA) is 42.2 Å². The van der Waals surface area contributed by atoms with E-state index < -0.39 is 0 Å². The molecule has 0 bridgehead atoms. The largest absolute Gasteiger partial charge is 0.346 e. The molecule has 0 saturated carbocycles. The van der Waals surface area contributed by atoms with Gasteiger partial charge >= 0.3 is 0 Å². The molecule has 1 saturated heterocycles. The third-order valence-corrected chi connectivity index (χ3v) is 5.97. The van der Waals surface area contributed by atoms with Gasteiger partial charge in [-0.2, -0.15) is 11.8 Å². The second-order valence-corrected chi connectivity index (χ2v) is 8.44. The average molecular weight is 319 g/mol. The first-order valence-corrected chi connectivity index (χ1v) is 9.09. The third-order valence-electron chi connectivity index (χ3n) is 3.61. The molecule has 2 heterocycles. The molecule has 2 unspecified atom stereocenters. The lowest BCUT2D eigenvalue weighted by Crippen LogP contribution is -2.40. The van der Waals surface area contributed by atoms with Gasteiger partial charge < -0.3 is 10.6 Å². The Bertz CT molecular complexity index is 587. The van der Waals surface area contributed by atoms with Crippen LogP contribution in [-0.4, -0.2) is 28.6 Å². The summed E-state index contributed by atoms with van der Waals surface area (Å²) in [6, 6.07) is 10.3. The summed E-state index contributed by atoms with van der Waals surface area (Å²) in [6.45, 7) is 7.28. The van der Waals surface area contributed by atoms with Gasteiger partial charge in [0, 0.05) is 40.6 Å². The molecule has 0 spiro atoms. The van der Waals surface area contributed by atoms with Gasteiger partial charge in [0.2, 0.25) is 0 Å². The molecule has 1 aromatic carbocycles. The minimum Gasteiger partial charge on any atom is -0.346 e. The first-order valence-electron chi connectivity index (χ1n) is 7.33. The Morgan fingerprint density at radius 3 is 2.48 bits per heavy atom. The molecule has 0 aliphatic carbocycles. The van der Waals surface area contributed by atoms with Crippen molar-refractivity contribution in [2.75, 3.05) is 18.0 Å². The number of rotatable bonds is 3. The Morgan fingerprint density at radius 2 is 1.86 bits per heavy atom. The van der Waals surface area contributed by atoms with Crippen LogP contribution in [0.25, 0.3) is 11.3 Å². The van der Waals surface area contributed by atoms with E-state index in [1.54, 1.807) is 11.3 Å². The zero-order valence-corrected chi connectivity index (χ0v) is 14.1. The van der Waals surface area contributed by atoms with Crippen molar-refractivity contribution in [1.29, 1.82) is 0 Å². The lowest BCUT2D eigenvalue weighted by molar-refractivity contribution is 0.726. The molecule has 5 heteroatoms. The summed E-state index contributed by atoms with van der Waals surface area (Å²) in [4.78, 5) is 8.49.